The van der Waals surface area contributed by atoms with E-state index in [1.807, 2.05) is 36.4 Å². The van der Waals surface area contributed by atoms with Crippen molar-refractivity contribution in [3.05, 3.63) is 66.2 Å². The predicted octanol–water partition coefficient (Wildman–Crippen LogP) is 3.91. The van der Waals surface area contributed by atoms with Gasteiger partial charge in [0.2, 0.25) is 0 Å². The summed E-state index contributed by atoms with van der Waals surface area (Å²) in [5.41, 5.74) is 6.23. The number of carboxylic acid groups (broad SMARTS) is 1. The van der Waals surface area contributed by atoms with Crippen molar-refractivity contribution in [2.24, 2.45) is 0 Å². The summed E-state index contributed by atoms with van der Waals surface area (Å²) in [5, 5.41) is 11.3. The molecule has 0 aliphatic heterocycles. The van der Waals surface area contributed by atoms with Gasteiger partial charge in [0.15, 0.2) is 0 Å². The fourth-order valence-electron chi connectivity index (χ4n) is 2.16. The van der Waals surface area contributed by atoms with E-state index < -0.39 is 5.97 Å². The molecule has 4 nitrogen and oxygen atoms in total. The maximum atomic E-state index is 11.2. The van der Waals surface area contributed by atoms with Crippen molar-refractivity contribution in [2.75, 3.05) is 5.73 Å². The van der Waals surface area contributed by atoms with Gasteiger partial charge in [-0.05, 0) is 35.0 Å². The number of nitrogen functional groups attached to an aromatic ring is 1. The van der Waals surface area contributed by atoms with Crippen LogP contribution in [-0.4, -0.2) is 11.1 Å². The van der Waals surface area contributed by atoms with Gasteiger partial charge in [-0.15, -0.1) is 0 Å². The minimum absolute atomic E-state index is 0.0809. The average molecular weight is 279 g/mol. The third-order valence-electron chi connectivity index (χ3n) is 3.18. The molecule has 0 bridgehead atoms. The van der Waals surface area contributed by atoms with Crippen LogP contribution in [0.25, 0.3) is 10.8 Å². The highest BCUT2D eigenvalue weighted by atomic mass is 16.5. The van der Waals surface area contributed by atoms with Gasteiger partial charge in [0.25, 0.3) is 0 Å². The van der Waals surface area contributed by atoms with Crippen LogP contribution < -0.4 is 10.5 Å². The van der Waals surface area contributed by atoms with Crippen LogP contribution in [0.3, 0.4) is 0 Å². The van der Waals surface area contributed by atoms with Gasteiger partial charge in [-0.25, -0.2) is 4.79 Å². The molecule has 0 saturated heterocycles. The summed E-state index contributed by atoms with van der Waals surface area (Å²) in [6, 6.07) is 18.0. The van der Waals surface area contributed by atoms with Gasteiger partial charge in [0.05, 0.1) is 0 Å². The van der Waals surface area contributed by atoms with E-state index in [0.717, 1.165) is 10.8 Å². The lowest BCUT2D eigenvalue weighted by Crippen LogP contribution is -2.01. The van der Waals surface area contributed by atoms with Gasteiger partial charge in [-0.3, -0.25) is 0 Å². The minimum Gasteiger partial charge on any atom is -0.478 e. The number of benzene rings is 3. The monoisotopic (exact) mass is 279 g/mol. The molecule has 0 saturated carbocycles. The Labute approximate surface area is 121 Å². The zero-order valence-electron chi connectivity index (χ0n) is 11.1. The summed E-state index contributed by atoms with van der Waals surface area (Å²) < 4.78 is 5.70. The Balaban J connectivity index is 2.02. The molecule has 0 radical (unpaired) electrons. The zero-order valence-corrected chi connectivity index (χ0v) is 11.1. The maximum Gasteiger partial charge on any atom is 0.339 e. The highest BCUT2D eigenvalue weighted by molar-refractivity contribution is 5.91. The smallest absolute Gasteiger partial charge is 0.339 e. The first-order chi connectivity index (χ1) is 10.1. The van der Waals surface area contributed by atoms with Crippen LogP contribution in [0.2, 0.25) is 0 Å². The molecule has 0 aliphatic rings. The van der Waals surface area contributed by atoms with Crippen molar-refractivity contribution in [3.8, 4) is 11.5 Å². The van der Waals surface area contributed by atoms with Gasteiger partial charge in [0.1, 0.15) is 17.1 Å². The summed E-state index contributed by atoms with van der Waals surface area (Å²) in [5.74, 6) is -0.245. The van der Waals surface area contributed by atoms with Crippen LogP contribution in [-0.2, 0) is 0 Å². The summed E-state index contributed by atoms with van der Waals surface area (Å²) in [7, 11) is 0. The molecule has 0 aliphatic carbocycles. The van der Waals surface area contributed by atoms with E-state index in [4.69, 9.17) is 10.5 Å². The second-order valence-corrected chi connectivity index (χ2v) is 4.67. The van der Waals surface area contributed by atoms with Crippen molar-refractivity contribution in [2.45, 2.75) is 0 Å². The number of carboxylic acids is 1. The molecule has 3 N–H and O–H groups in total. The lowest BCUT2D eigenvalue weighted by molar-refractivity contribution is 0.0694. The van der Waals surface area contributed by atoms with Crippen LogP contribution in [0.1, 0.15) is 10.4 Å². The third-order valence-corrected chi connectivity index (χ3v) is 3.18. The highest BCUT2D eigenvalue weighted by Crippen LogP contribution is 2.29. The molecule has 0 amide bonds. The molecule has 0 unspecified atom stereocenters. The Morgan fingerprint density at radius 3 is 2.48 bits per heavy atom. The normalized spacial score (nSPS) is 10.5. The molecule has 0 heterocycles. The topological polar surface area (TPSA) is 72.6 Å². The number of hydrogen-bond donors (Lipinski definition) is 2. The van der Waals surface area contributed by atoms with Gasteiger partial charge in [0, 0.05) is 11.8 Å². The molecule has 21 heavy (non-hydrogen) atoms. The molecular formula is C17H13NO3. The van der Waals surface area contributed by atoms with E-state index in [1.54, 1.807) is 6.07 Å². The Morgan fingerprint density at radius 1 is 0.952 bits per heavy atom. The van der Waals surface area contributed by atoms with E-state index in [2.05, 4.69) is 0 Å². The van der Waals surface area contributed by atoms with Crippen LogP contribution in [0.15, 0.2) is 60.7 Å². The second kappa shape index (κ2) is 5.17. The lowest BCUT2D eigenvalue weighted by atomic mass is 10.1. The molecule has 3 rings (SSSR count). The van der Waals surface area contributed by atoms with Gasteiger partial charge in [-0.1, -0.05) is 30.3 Å². The van der Waals surface area contributed by atoms with E-state index >= 15 is 0 Å². The number of nitrogens with two attached hydrogens (primary N) is 1. The Kier molecular flexibility index (Phi) is 3.20. The van der Waals surface area contributed by atoms with Crippen molar-refractivity contribution in [1.82, 2.24) is 0 Å². The number of ether oxygens (including phenoxy) is 1. The first-order valence-corrected chi connectivity index (χ1v) is 6.43. The Hall–Kier alpha value is -3.01. The molecule has 4 heteroatoms. The standard InChI is InChI=1S/C17H13NO3/c18-13-6-8-15(17(19)20)16(10-13)21-14-7-5-11-3-1-2-4-12(11)9-14/h1-10H,18H2,(H,19,20). The van der Waals surface area contributed by atoms with Gasteiger partial charge < -0.3 is 15.6 Å². The van der Waals surface area contributed by atoms with Crippen molar-refractivity contribution in [3.63, 3.8) is 0 Å². The third kappa shape index (κ3) is 2.65. The summed E-state index contributed by atoms with van der Waals surface area (Å²) in [6.45, 7) is 0. The molecule has 0 fully saturated rings. The fourth-order valence-corrected chi connectivity index (χ4v) is 2.16. The second-order valence-electron chi connectivity index (χ2n) is 4.67. The van der Waals surface area contributed by atoms with Crippen molar-refractivity contribution in [1.29, 1.82) is 0 Å². The highest BCUT2D eigenvalue weighted by Gasteiger charge is 2.12. The number of anilines is 1. The summed E-state index contributed by atoms with van der Waals surface area (Å²) in [6.07, 6.45) is 0. The van der Waals surface area contributed by atoms with Crippen LogP contribution in [0.5, 0.6) is 11.5 Å². The first-order valence-electron chi connectivity index (χ1n) is 6.43. The fraction of sp³-hybridized carbons (Fsp3) is 0. The quantitative estimate of drug-likeness (QED) is 0.713. The SMILES string of the molecule is Nc1ccc(C(=O)O)c(Oc2ccc3ccccc3c2)c1. The molecule has 0 aromatic heterocycles. The number of aromatic carboxylic acids is 1. The van der Waals surface area contributed by atoms with Crippen LogP contribution >= 0.6 is 0 Å². The number of hydrogen-bond acceptors (Lipinski definition) is 3. The molecule has 3 aromatic rings. The number of carbonyl (C=O) groups is 1. The average Bonchev–Trinajstić information content (AvgIpc) is 2.47. The predicted molar refractivity (Wildman–Crippen MR) is 81.8 cm³/mol. The van der Waals surface area contributed by atoms with E-state index in [0.29, 0.717) is 11.4 Å². The minimum atomic E-state index is -1.05. The number of rotatable bonds is 3. The molecule has 3 aromatic carbocycles. The number of fused-ring (bicyclic) bond motifs is 1. The summed E-state index contributed by atoms with van der Waals surface area (Å²) >= 11 is 0. The Bertz CT molecular complexity index is 827. The van der Waals surface area contributed by atoms with Crippen LogP contribution in [0.4, 0.5) is 5.69 Å². The first kappa shape index (κ1) is 13.0. The van der Waals surface area contributed by atoms with Gasteiger partial charge >= 0.3 is 5.97 Å². The summed E-state index contributed by atoms with van der Waals surface area (Å²) in [4.78, 5) is 11.2. The van der Waals surface area contributed by atoms with Crippen molar-refractivity contribution < 1.29 is 14.6 Å². The molecule has 0 atom stereocenters. The van der Waals surface area contributed by atoms with E-state index in [9.17, 15) is 9.90 Å². The molecule has 104 valence electrons. The van der Waals surface area contributed by atoms with Gasteiger partial charge in [-0.2, -0.15) is 0 Å². The lowest BCUT2D eigenvalue weighted by Gasteiger charge is -2.10. The maximum absolute atomic E-state index is 11.2. The zero-order chi connectivity index (χ0) is 14.8. The largest absolute Gasteiger partial charge is 0.478 e. The van der Waals surface area contributed by atoms with Crippen LogP contribution in [0, 0.1) is 0 Å². The Morgan fingerprint density at radius 2 is 1.71 bits per heavy atom. The van der Waals surface area contributed by atoms with E-state index in [1.165, 1.54) is 18.2 Å². The molecular weight excluding hydrogens is 266 g/mol. The van der Waals surface area contributed by atoms with Crippen molar-refractivity contribution >= 4 is 22.4 Å². The molecule has 0 spiro atoms. The van der Waals surface area contributed by atoms with E-state index in [-0.39, 0.29) is 11.3 Å².